The molecule has 0 radical (unpaired) electrons. The van der Waals surface area contributed by atoms with Gasteiger partial charge in [-0.05, 0) is 73.2 Å². The van der Waals surface area contributed by atoms with E-state index in [0.29, 0.717) is 23.6 Å². The molecule has 0 unspecified atom stereocenters. The minimum Gasteiger partial charge on any atom is -0.495 e. The van der Waals surface area contributed by atoms with Gasteiger partial charge in [0.15, 0.2) is 0 Å². The Labute approximate surface area is 198 Å². The fourth-order valence-corrected chi connectivity index (χ4v) is 4.24. The van der Waals surface area contributed by atoms with E-state index in [9.17, 15) is 13.2 Å². The SMILES string of the molecule is CCOc1ccc(NS(=O)(=O)c2cc(NC(=O)/C=C/c3ccc(C#N)cc3)ccc2OC)cc1. The number of anilines is 2. The van der Waals surface area contributed by atoms with E-state index in [2.05, 4.69) is 10.0 Å². The summed E-state index contributed by atoms with van der Waals surface area (Å²) < 4.78 is 39.1. The Kier molecular flexibility index (Phi) is 7.90. The van der Waals surface area contributed by atoms with Crippen LogP contribution in [0.5, 0.6) is 11.5 Å². The number of nitrogens with zero attached hydrogens (tertiary/aromatic N) is 1. The van der Waals surface area contributed by atoms with Crippen molar-refractivity contribution in [1.82, 2.24) is 0 Å². The highest BCUT2D eigenvalue weighted by molar-refractivity contribution is 7.92. The molecule has 0 aromatic heterocycles. The molecule has 3 rings (SSSR count). The van der Waals surface area contributed by atoms with Crippen molar-refractivity contribution in [3.05, 3.63) is 83.9 Å². The molecule has 2 N–H and O–H groups in total. The van der Waals surface area contributed by atoms with Gasteiger partial charge in [-0.15, -0.1) is 0 Å². The lowest BCUT2D eigenvalue weighted by Gasteiger charge is -2.14. The van der Waals surface area contributed by atoms with Crippen LogP contribution in [0.2, 0.25) is 0 Å². The summed E-state index contributed by atoms with van der Waals surface area (Å²) in [5, 5.41) is 11.5. The summed E-state index contributed by atoms with van der Waals surface area (Å²) in [6.45, 7) is 2.36. The van der Waals surface area contributed by atoms with Gasteiger partial charge >= 0.3 is 0 Å². The average molecular weight is 478 g/mol. The highest BCUT2D eigenvalue weighted by Crippen LogP contribution is 2.29. The molecule has 0 heterocycles. The lowest BCUT2D eigenvalue weighted by Crippen LogP contribution is -2.15. The number of carbonyl (C=O) groups is 1. The van der Waals surface area contributed by atoms with Crippen molar-refractivity contribution in [3.63, 3.8) is 0 Å². The standard InChI is InChI=1S/C25H23N3O5S/c1-3-33-22-12-9-20(10-13-22)28-34(30,31)24-16-21(11-14-23(24)32-2)27-25(29)15-8-18-4-6-19(17-26)7-5-18/h4-16,28H,3H2,1-2H3,(H,27,29)/b15-8+. The smallest absolute Gasteiger partial charge is 0.265 e. The Balaban J connectivity index is 1.76. The van der Waals surface area contributed by atoms with Crippen molar-refractivity contribution < 1.29 is 22.7 Å². The molecule has 9 heteroatoms. The van der Waals surface area contributed by atoms with Gasteiger partial charge in [-0.25, -0.2) is 8.42 Å². The van der Waals surface area contributed by atoms with Crippen LogP contribution in [-0.4, -0.2) is 28.0 Å². The molecule has 1 amide bonds. The Hall–Kier alpha value is -4.29. The Morgan fingerprint density at radius 2 is 1.71 bits per heavy atom. The van der Waals surface area contributed by atoms with Crippen LogP contribution in [0.15, 0.2) is 77.7 Å². The van der Waals surface area contributed by atoms with E-state index in [4.69, 9.17) is 14.7 Å². The molecule has 34 heavy (non-hydrogen) atoms. The number of ether oxygens (including phenoxy) is 2. The number of nitrogens with one attached hydrogen (secondary N) is 2. The summed E-state index contributed by atoms with van der Waals surface area (Å²) in [7, 11) is -2.65. The molecule has 0 bridgehead atoms. The summed E-state index contributed by atoms with van der Waals surface area (Å²) in [5.74, 6) is 0.309. The Morgan fingerprint density at radius 1 is 1.03 bits per heavy atom. The third-order valence-electron chi connectivity index (χ3n) is 4.61. The number of hydrogen-bond acceptors (Lipinski definition) is 6. The zero-order chi connectivity index (χ0) is 24.6. The maximum atomic E-state index is 13.0. The van der Waals surface area contributed by atoms with Crippen LogP contribution < -0.4 is 19.5 Å². The molecule has 174 valence electrons. The van der Waals surface area contributed by atoms with Gasteiger partial charge in [-0.2, -0.15) is 5.26 Å². The predicted molar refractivity (Wildman–Crippen MR) is 130 cm³/mol. The molecule has 0 aliphatic carbocycles. The fourth-order valence-electron chi connectivity index (χ4n) is 2.99. The number of sulfonamides is 1. The topological polar surface area (TPSA) is 118 Å². The van der Waals surface area contributed by atoms with Gasteiger partial charge < -0.3 is 14.8 Å². The lowest BCUT2D eigenvalue weighted by molar-refractivity contribution is -0.111. The maximum Gasteiger partial charge on any atom is 0.265 e. The minimum absolute atomic E-state index is 0.127. The molecule has 0 aliphatic rings. The van der Waals surface area contributed by atoms with E-state index in [1.807, 2.05) is 13.0 Å². The number of nitriles is 1. The third-order valence-corrected chi connectivity index (χ3v) is 6.01. The number of carbonyl (C=O) groups excluding carboxylic acids is 1. The second-order valence-electron chi connectivity index (χ2n) is 6.98. The zero-order valence-corrected chi connectivity index (χ0v) is 19.4. The van der Waals surface area contributed by atoms with E-state index < -0.39 is 15.9 Å². The van der Waals surface area contributed by atoms with Gasteiger partial charge in [-0.1, -0.05) is 12.1 Å². The third kappa shape index (κ3) is 6.37. The van der Waals surface area contributed by atoms with E-state index in [1.54, 1.807) is 60.7 Å². The molecule has 3 aromatic carbocycles. The van der Waals surface area contributed by atoms with Gasteiger partial charge in [0.1, 0.15) is 16.4 Å². The average Bonchev–Trinajstić information content (AvgIpc) is 2.84. The summed E-state index contributed by atoms with van der Waals surface area (Å²) in [5.41, 5.74) is 1.90. The van der Waals surface area contributed by atoms with Crippen LogP contribution in [0, 0.1) is 11.3 Å². The van der Waals surface area contributed by atoms with Crippen LogP contribution in [0.1, 0.15) is 18.1 Å². The quantitative estimate of drug-likeness (QED) is 0.441. The van der Waals surface area contributed by atoms with Crippen molar-refractivity contribution in [2.45, 2.75) is 11.8 Å². The van der Waals surface area contributed by atoms with Crippen LogP contribution in [0.3, 0.4) is 0 Å². The molecular weight excluding hydrogens is 454 g/mol. The highest BCUT2D eigenvalue weighted by atomic mass is 32.2. The predicted octanol–water partition coefficient (Wildman–Crippen LogP) is 4.42. The van der Waals surface area contributed by atoms with Crippen LogP contribution in [0.4, 0.5) is 11.4 Å². The Bertz CT molecular complexity index is 1330. The van der Waals surface area contributed by atoms with Gasteiger partial charge in [0.05, 0.1) is 25.3 Å². The van der Waals surface area contributed by atoms with Crippen LogP contribution >= 0.6 is 0 Å². The summed E-state index contributed by atoms with van der Waals surface area (Å²) in [6.07, 6.45) is 2.91. The summed E-state index contributed by atoms with van der Waals surface area (Å²) in [4.78, 5) is 12.2. The molecule has 0 saturated carbocycles. The first-order chi connectivity index (χ1) is 16.3. The fraction of sp³-hybridized carbons (Fsp3) is 0.120. The van der Waals surface area contributed by atoms with Gasteiger partial charge in [0, 0.05) is 17.5 Å². The lowest BCUT2D eigenvalue weighted by atomic mass is 10.1. The van der Waals surface area contributed by atoms with E-state index in [1.165, 1.54) is 25.3 Å². The second kappa shape index (κ2) is 11.0. The van der Waals surface area contributed by atoms with Crippen molar-refractivity contribution in [1.29, 1.82) is 5.26 Å². The largest absolute Gasteiger partial charge is 0.495 e. The normalized spacial score (nSPS) is 11.0. The molecule has 0 spiro atoms. The molecular formula is C25H23N3O5S. The van der Waals surface area contributed by atoms with Crippen LogP contribution in [-0.2, 0) is 14.8 Å². The van der Waals surface area contributed by atoms with Crippen molar-refractivity contribution in [2.75, 3.05) is 23.8 Å². The van der Waals surface area contributed by atoms with E-state index in [0.717, 1.165) is 5.56 Å². The first-order valence-corrected chi connectivity index (χ1v) is 11.8. The molecule has 0 atom stereocenters. The van der Waals surface area contributed by atoms with Crippen molar-refractivity contribution in [2.24, 2.45) is 0 Å². The molecule has 8 nitrogen and oxygen atoms in total. The number of amides is 1. The van der Waals surface area contributed by atoms with Crippen molar-refractivity contribution >= 4 is 33.4 Å². The Morgan fingerprint density at radius 3 is 2.32 bits per heavy atom. The molecule has 0 aliphatic heterocycles. The molecule has 0 saturated heterocycles. The minimum atomic E-state index is -4.01. The monoisotopic (exact) mass is 477 g/mol. The summed E-state index contributed by atoms with van der Waals surface area (Å²) in [6, 6.07) is 19.6. The maximum absolute atomic E-state index is 13.0. The van der Waals surface area contributed by atoms with Crippen LogP contribution in [0.25, 0.3) is 6.08 Å². The second-order valence-corrected chi connectivity index (χ2v) is 8.64. The number of hydrogen-bond donors (Lipinski definition) is 2. The van der Waals surface area contributed by atoms with Crippen molar-refractivity contribution in [3.8, 4) is 17.6 Å². The first kappa shape index (κ1) is 24.4. The molecule has 0 fully saturated rings. The first-order valence-electron chi connectivity index (χ1n) is 10.3. The summed E-state index contributed by atoms with van der Waals surface area (Å²) >= 11 is 0. The number of rotatable bonds is 9. The highest BCUT2D eigenvalue weighted by Gasteiger charge is 2.21. The van der Waals surface area contributed by atoms with E-state index >= 15 is 0 Å². The van der Waals surface area contributed by atoms with Gasteiger partial charge in [0.25, 0.3) is 10.0 Å². The van der Waals surface area contributed by atoms with Gasteiger partial charge in [0.2, 0.25) is 5.91 Å². The molecule has 3 aromatic rings. The number of methoxy groups -OCH3 is 1. The van der Waals surface area contributed by atoms with Gasteiger partial charge in [-0.3, -0.25) is 9.52 Å². The van der Waals surface area contributed by atoms with E-state index in [-0.39, 0.29) is 16.3 Å². The number of benzene rings is 3. The zero-order valence-electron chi connectivity index (χ0n) is 18.6.